The monoisotopic (exact) mass is 301 g/mol. The number of hydrogen-bond donors (Lipinski definition) is 1. The van der Waals surface area contributed by atoms with Crippen molar-refractivity contribution in [3.8, 4) is 0 Å². The van der Waals surface area contributed by atoms with Crippen molar-refractivity contribution in [3.63, 3.8) is 0 Å². The summed E-state index contributed by atoms with van der Waals surface area (Å²) in [5.74, 6) is -0.741. The molecule has 7 nitrogen and oxygen atoms in total. The molecule has 1 aliphatic heterocycles. The number of carboxylic acids is 1. The first-order valence-electron chi connectivity index (χ1n) is 6.49. The fourth-order valence-electron chi connectivity index (χ4n) is 2.56. The van der Waals surface area contributed by atoms with E-state index in [-0.39, 0.29) is 17.5 Å². The maximum atomic E-state index is 12.6. The van der Waals surface area contributed by atoms with Gasteiger partial charge in [0.1, 0.15) is 11.9 Å². The van der Waals surface area contributed by atoms with E-state index in [0.29, 0.717) is 18.7 Å². The van der Waals surface area contributed by atoms with Crippen molar-refractivity contribution < 1.29 is 18.3 Å². The van der Waals surface area contributed by atoms with Crippen LogP contribution in [-0.4, -0.2) is 45.9 Å². The van der Waals surface area contributed by atoms with Gasteiger partial charge in [0.15, 0.2) is 5.03 Å². The predicted octanol–water partition coefficient (Wildman–Crippen LogP) is 0.602. The molecule has 0 spiro atoms. The Balaban J connectivity index is 2.43. The molecule has 20 heavy (non-hydrogen) atoms. The minimum atomic E-state index is -3.87. The maximum absolute atomic E-state index is 12.6. The van der Waals surface area contributed by atoms with Crippen LogP contribution in [0.15, 0.2) is 11.2 Å². The number of carbonyl (C=O) groups is 1. The predicted molar refractivity (Wildman–Crippen MR) is 71.7 cm³/mol. The zero-order valence-electron chi connectivity index (χ0n) is 11.8. The SMILES string of the molecule is Cc1nc(S(=O)(=O)N2CCCC(C)C2C(=O)O)cn1C. The topological polar surface area (TPSA) is 92.5 Å². The van der Waals surface area contributed by atoms with Gasteiger partial charge < -0.3 is 9.67 Å². The third kappa shape index (κ3) is 2.45. The van der Waals surface area contributed by atoms with Crippen LogP contribution in [0.5, 0.6) is 0 Å². The molecule has 1 saturated heterocycles. The second-order valence-corrected chi connectivity index (χ2v) is 7.09. The third-order valence-electron chi connectivity index (χ3n) is 3.80. The zero-order valence-corrected chi connectivity index (χ0v) is 12.6. The second-order valence-electron chi connectivity index (χ2n) is 5.26. The molecule has 1 fully saturated rings. The fraction of sp³-hybridized carbons (Fsp3) is 0.667. The molecule has 112 valence electrons. The average Bonchev–Trinajstić information content (AvgIpc) is 2.69. The second kappa shape index (κ2) is 5.17. The van der Waals surface area contributed by atoms with E-state index in [9.17, 15) is 18.3 Å². The summed E-state index contributed by atoms with van der Waals surface area (Å²) in [4.78, 5) is 15.4. The van der Waals surface area contributed by atoms with E-state index >= 15 is 0 Å². The van der Waals surface area contributed by atoms with Crippen molar-refractivity contribution >= 4 is 16.0 Å². The van der Waals surface area contributed by atoms with E-state index in [1.54, 1.807) is 25.5 Å². The van der Waals surface area contributed by atoms with Gasteiger partial charge in [-0.2, -0.15) is 4.31 Å². The van der Waals surface area contributed by atoms with Gasteiger partial charge in [0, 0.05) is 19.8 Å². The molecule has 2 rings (SSSR count). The van der Waals surface area contributed by atoms with Crippen LogP contribution < -0.4 is 0 Å². The summed E-state index contributed by atoms with van der Waals surface area (Å²) < 4.78 is 27.9. The zero-order chi connectivity index (χ0) is 15.1. The number of nitrogens with zero attached hydrogens (tertiary/aromatic N) is 3. The number of aryl methyl sites for hydroxylation is 2. The highest BCUT2D eigenvalue weighted by molar-refractivity contribution is 7.89. The first-order valence-corrected chi connectivity index (χ1v) is 7.93. The van der Waals surface area contributed by atoms with Gasteiger partial charge in [0.05, 0.1) is 0 Å². The molecule has 1 aromatic rings. The summed E-state index contributed by atoms with van der Waals surface area (Å²) >= 11 is 0. The smallest absolute Gasteiger partial charge is 0.322 e. The normalized spacial score (nSPS) is 24.8. The third-order valence-corrected chi connectivity index (χ3v) is 5.55. The van der Waals surface area contributed by atoms with Gasteiger partial charge in [-0.05, 0) is 25.7 Å². The Morgan fingerprint density at radius 2 is 2.15 bits per heavy atom. The van der Waals surface area contributed by atoms with Crippen molar-refractivity contribution in [2.45, 2.75) is 37.8 Å². The van der Waals surface area contributed by atoms with Gasteiger partial charge in [-0.1, -0.05) is 6.92 Å². The number of imidazole rings is 1. The molecule has 1 aromatic heterocycles. The number of aromatic nitrogens is 2. The highest BCUT2D eigenvalue weighted by atomic mass is 32.2. The molecule has 2 unspecified atom stereocenters. The van der Waals surface area contributed by atoms with E-state index < -0.39 is 22.0 Å². The van der Waals surface area contributed by atoms with Gasteiger partial charge >= 0.3 is 5.97 Å². The van der Waals surface area contributed by atoms with Crippen LogP contribution >= 0.6 is 0 Å². The number of hydrogen-bond acceptors (Lipinski definition) is 4. The summed E-state index contributed by atoms with van der Waals surface area (Å²) in [6, 6.07) is -1.02. The lowest BCUT2D eigenvalue weighted by Gasteiger charge is -2.35. The van der Waals surface area contributed by atoms with Crippen molar-refractivity contribution in [1.29, 1.82) is 0 Å². The lowest BCUT2D eigenvalue weighted by atomic mass is 9.93. The molecule has 2 heterocycles. The molecule has 1 N–H and O–H groups in total. The van der Waals surface area contributed by atoms with E-state index in [1.165, 1.54) is 6.20 Å². The van der Waals surface area contributed by atoms with Gasteiger partial charge in [0.2, 0.25) is 0 Å². The Hall–Kier alpha value is -1.41. The number of carboxylic acid groups (broad SMARTS) is 1. The molecule has 0 saturated carbocycles. The Bertz CT molecular complexity index is 603. The molecule has 0 aromatic carbocycles. The Morgan fingerprint density at radius 3 is 2.65 bits per heavy atom. The van der Waals surface area contributed by atoms with Crippen LogP contribution in [0.4, 0.5) is 0 Å². The minimum absolute atomic E-state index is 0.0853. The quantitative estimate of drug-likeness (QED) is 0.882. The molecule has 0 bridgehead atoms. The highest BCUT2D eigenvalue weighted by Crippen LogP contribution is 2.28. The Labute approximate surface area is 118 Å². The van der Waals surface area contributed by atoms with Crippen molar-refractivity contribution in [2.75, 3.05) is 6.54 Å². The van der Waals surface area contributed by atoms with E-state index in [1.807, 2.05) is 0 Å². The molecular weight excluding hydrogens is 282 g/mol. The summed E-state index contributed by atoms with van der Waals surface area (Å²) in [5.41, 5.74) is 0. The maximum Gasteiger partial charge on any atom is 0.322 e. The van der Waals surface area contributed by atoms with Gasteiger partial charge in [-0.25, -0.2) is 13.4 Å². The van der Waals surface area contributed by atoms with Crippen molar-refractivity contribution in [1.82, 2.24) is 13.9 Å². The van der Waals surface area contributed by atoms with E-state index in [0.717, 1.165) is 4.31 Å². The number of aliphatic carboxylic acids is 1. The lowest BCUT2D eigenvalue weighted by molar-refractivity contribution is -0.144. The van der Waals surface area contributed by atoms with Gasteiger partial charge in [0.25, 0.3) is 10.0 Å². The molecule has 1 aliphatic rings. The van der Waals surface area contributed by atoms with E-state index in [2.05, 4.69) is 4.98 Å². The summed E-state index contributed by atoms with van der Waals surface area (Å²) in [5, 5.41) is 9.23. The Morgan fingerprint density at radius 1 is 1.50 bits per heavy atom. The van der Waals surface area contributed by atoms with Crippen LogP contribution in [0, 0.1) is 12.8 Å². The fourth-order valence-corrected chi connectivity index (χ4v) is 4.30. The molecular formula is C12H19N3O4S. The molecule has 0 aliphatic carbocycles. The number of piperidine rings is 1. The van der Waals surface area contributed by atoms with Crippen molar-refractivity contribution in [2.24, 2.45) is 13.0 Å². The van der Waals surface area contributed by atoms with Crippen LogP contribution in [0.2, 0.25) is 0 Å². The minimum Gasteiger partial charge on any atom is -0.480 e. The Kier molecular flexibility index (Phi) is 3.88. The average molecular weight is 301 g/mol. The van der Waals surface area contributed by atoms with Gasteiger partial charge in [-0.3, -0.25) is 4.79 Å². The van der Waals surface area contributed by atoms with E-state index in [4.69, 9.17) is 0 Å². The highest BCUT2D eigenvalue weighted by Gasteiger charge is 2.42. The summed E-state index contributed by atoms with van der Waals surface area (Å²) in [6.45, 7) is 3.69. The standard InChI is InChI=1S/C12H19N3O4S/c1-8-5-4-6-15(11(8)12(16)17)20(18,19)10-7-14(3)9(2)13-10/h7-8,11H,4-6H2,1-3H3,(H,16,17). The summed E-state index contributed by atoms with van der Waals surface area (Å²) in [7, 11) is -2.17. The largest absolute Gasteiger partial charge is 0.480 e. The molecule has 2 atom stereocenters. The first-order chi connectivity index (χ1) is 9.25. The van der Waals surface area contributed by atoms with Gasteiger partial charge in [-0.15, -0.1) is 0 Å². The summed E-state index contributed by atoms with van der Waals surface area (Å²) in [6.07, 6.45) is 2.79. The van der Waals surface area contributed by atoms with Crippen LogP contribution in [0.3, 0.4) is 0 Å². The van der Waals surface area contributed by atoms with Crippen LogP contribution in [-0.2, 0) is 21.9 Å². The molecule has 8 heteroatoms. The number of rotatable bonds is 3. The van der Waals surface area contributed by atoms with Crippen LogP contribution in [0.25, 0.3) is 0 Å². The molecule has 0 radical (unpaired) electrons. The lowest BCUT2D eigenvalue weighted by Crippen LogP contribution is -2.51. The van der Waals surface area contributed by atoms with Crippen molar-refractivity contribution in [3.05, 3.63) is 12.0 Å². The molecule has 0 amide bonds. The van der Waals surface area contributed by atoms with Crippen LogP contribution in [0.1, 0.15) is 25.6 Å². The first kappa shape index (κ1) is 15.0. The number of sulfonamides is 1.